The van der Waals surface area contributed by atoms with E-state index in [0.29, 0.717) is 26.3 Å². The highest BCUT2D eigenvalue weighted by atomic mass is 16.5. The van der Waals surface area contributed by atoms with Crippen LogP contribution in [0.2, 0.25) is 0 Å². The van der Waals surface area contributed by atoms with Gasteiger partial charge in [-0.15, -0.1) is 0 Å². The molecule has 0 unspecified atom stereocenters. The van der Waals surface area contributed by atoms with Gasteiger partial charge in [-0.05, 0) is 0 Å². The molecule has 0 spiro atoms. The van der Waals surface area contributed by atoms with E-state index in [1.807, 2.05) is 0 Å². The van der Waals surface area contributed by atoms with Crippen LogP contribution in [0, 0.1) is 0 Å². The average Bonchev–Trinajstić information content (AvgIpc) is 2.39. The molecule has 0 aromatic carbocycles. The smallest absolute Gasteiger partial charge is 0.326 e. The number of carboxylic acid groups (broad SMARTS) is 1. The van der Waals surface area contributed by atoms with E-state index in [9.17, 15) is 9.59 Å². The summed E-state index contributed by atoms with van der Waals surface area (Å²) in [5.41, 5.74) is 0. The number of rotatable bonds is 7. The van der Waals surface area contributed by atoms with Crippen LogP contribution in [-0.2, 0) is 9.53 Å². The minimum atomic E-state index is -1.16. The van der Waals surface area contributed by atoms with Crippen molar-refractivity contribution >= 4 is 12.0 Å². The van der Waals surface area contributed by atoms with E-state index in [-0.39, 0.29) is 13.0 Å². The van der Waals surface area contributed by atoms with Crippen LogP contribution in [0.4, 0.5) is 4.79 Å². The van der Waals surface area contributed by atoms with Crippen LogP contribution >= 0.6 is 0 Å². The van der Waals surface area contributed by atoms with Gasteiger partial charge in [0.25, 0.3) is 0 Å². The molecule has 1 aliphatic rings. The summed E-state index contributed by atoms with van der Waals surface area (Å²) in [4.78, 5) is 24.4. The van der Waals surface area contributed by atoms with E-state index >= 15 is 0 Å². The molecular formula is C11H21N3O5. The Morgan fingerprint density at radius 2 is 2.00 bits per heavy atom. The van der Waals surface area contributed by atoms with Crippen LogP contribution in [0.25, 0.3) is 0 Å². The first-order chi connectivity index (χ1) is 9.13. The van der Waals surface area contributed by atoms with Gasteiger partial charge in [-0.2, -0.15) is 0 Å². The zero-order chi connectivity index (χ0) is 14.1. The van der Waals surface area contributed by atoms with Crippen LogP contribution in [0.5, 0.6) is 0 Å². The second kappa shape index (κ2) is 8.68. The largest absolute Gasteiger partial charge is 0.480 e. The molecule has 8 nitrogen and oxygen atoms in total. The number of amides is 2. The molecule has 2 amide bonds. The lowest BCUT2D eigenvalue weighted by molar-refractivity contribution is -0.139. The van der Waals surface area contributed by atoms with E-state index < -0.39 is 18.0 Å². The molecule has 0 radical (unpaired) electrons. The highest BCUT2D eigenvalue weighted by molar-refractivity contribution is 5.82. The molecular weight excluding hydrogens is 254 g/mol. The van der Waals surface area contributed by atoms with Gasteiger partial charge in [0, 0.05) is 39.2 Å². The number of ether oxygens (including phenoxy) is 1. The van der Waals surface area contributed by atoms with Crippen LogP contribution in [0.1, 0.15) is 6.42 Å². The third-order valence-electron chi connectivity index (χ3n) is 2.84. The lowest BCUT2D eigenvalue weighted by atomic mass is 10.2. The van der Waals surface area contributed by atoms with Crippen molar-refractivity contribution in [3.63, 3.8) is 0 Å². The molecule has 0 aromatic rings. The lowest BCUT2D eigenvalue weighted by Crippen LogP contribution is -2.48. The first-order valence-electron chi connectivity index (χ1n) is 6.31. The van der Waals surface area contributed by atoms with Gasteiger partial charge in [0.15, 0.2) is 0 Å². The van der Waals surface area contributed by atoms with Crippen molar-refractivity contribution in [2.45, 2.75) is 12.5 Å². The van der Waals surface area contributed by atoms with Crippen LogP contribution in [-0.4, -0.2) is 79.2 Å². The number of carbonyl (C=O) groups is 2. The summed E-state index contributed by atoms with van der Waals surface area (Å²) in [6.45, 7) is 3.93. The second-order valence-electron chi connectivity index (χ2n) is 4.26. The molecule has 1 saturated heterocycles. The van der Waals surface area contributed by atoms with Crippen LogP contribution in [0.15, 0.2) is 0 Å². The van der Waals surface area contributed by atoms with Gasteiger partial charge in [0.05, 0.1) is 13.2 Å². The third-order valence-corrected chi connectivity index (χ3v) is 2.84. The molecule has 0 aliphatic carbocycles. The summed E-state index contributed by atoms with van der Waals surface area (Å²) in [5.74, 6) is -1.16. The van der Waals surface area contributed by atoms with Crippen molar-refractivity contribution in [2.24, 2.45) is 0 Å². The maximum absolute atomic E-state index is 11.5. The first-order valence-corrected chi connectivity index (χ1v) is 6.31. The van der Waals surface area contributed by atoms with Gasteiger partial charge in [-0.25, -0.2) is 9.59 Å². The Morgan fingerprint density at radius 1 is 1.32 bits per heavy atom. The van der Waals surface area contributed by atoms with Gasteiger partial charge in [0.1, 0.15) is 6.04 Å². The highest BCUT2D eigenvalue weighted by Crippen LogP contribution is 1.95. The monoisotopic (exact) mass is 275 g/mol. The van der Waals surface area contributed by atoms with Crippen LogP contribution < -0.4 is 10.6 Å². The van der Waals surface area contributed by atoms with Crippen molar-refractivity contribution < 1.29 is 24.5 Å². The molecule has 1 rings (SSSR count). The summed E-state index contributed by atoms with van der Waals surface area (Å²) >= 11 is 0. The second-order valence-corrected chi connectivity index (χ2v) is 4.26. The topological polar surface area (TPSA) is 111 Å². The number of morpholine rings is 1. The predicted octanol–water partition coefficient (Wildman–Crippen LogP) is -1.55. The Morgan fingerprint density at radius 3 is 2.58 bits per heavy atom. The van der Waals surface area contributed by atoms with E-state index in [4.69, 9.17) is 14.9 Å². The third kappa shape index (κ3) is 6.37. The molecule has 1 atom stereocenters. The maximum atomic E-state index is 11.5. The van der Waals surface area contributed by atoms with E-state index in [1.165, 1.54) is 0 Å². The fourth-order valence-electron chi connectivity index (χ4n) is 1.75. The fourth-order valence-corrected chi connectivity index (χ4v) is 1.75. The van der Waals surface area contributed by atoms with E-state index in [0.717, 1.165) is 13.1 Å². The number of carbonyl (C=O) groups excluding carboxylic acids is 1. The Bertz CT molecular complexity index is 294. The Labute approximate surface area is 111 Å². The molecule has 0 aromatic heterocycles. The number of aliphatic carboxylic acids is 1. The number of hydrogen-bond donors (Lipinski definition) is 4. The average molecular weight is 275 g/mol. The summed E-state index contributed by atoms with van der Waals surface area (Å²) in [5, 5.41) is 22.4. The standard InChI is InChI=1S/C11H21N3O5/c15-6-1-9(10(16)17)13-11(18)12-2-3-14-4-7-19-8-5-14/h9,15H,1-8H2,(H,16,17)(H2,12,13,18)/t9-/m1/s1. The summed E-state index contributed by atoms with van der Waals surface area (Å²) in [7, 11) is 0. The lowest BCUT2D eigenvalue weighted by Gasteiger charge is -2.26. The number of nitrogens with zero attached hydrogens (tertiary/aromatic N) is 1. The minimum absolute atomic E-state index is 0.00772. The molecule has 19 heavy (non-hydrogen) atoms. The molecule has 4 N–H and O–H groups in total. The molecule has 1 heterocycles. The van der Waals surface area contributed by atoms with Crippen molar-refractivity contribution in [2.75, 3.05) is 46.0 Å². The SMILES string of the molecule is O=C(NCCN1CCOCC1)N[C@H](CCO)C(=O)O. The van der Waals surface area contributed by atoms with Gasteiger partial charge in [-0.3, -0.25) is 4.90 Å². The first kappa shape index (κ1) is 15.7. The van der Waals surface area contributed by atoms with Crippen LogP contribution in [0.3, 0.4) is 0 Å². The number of carboxylic acids is 1. The van der Waals surface area contributed by atoms with Gasteiger partial charge >= 0.3 is 12.0 Å². The number of nitrogens with one attached hydrogen (secondary N) is 2. The Hall–Kier alpha value is -1.38. The molecule has 0 bridgehead atoms. The maximum Gasteiger partial charge on any atom is 0.326 e. The minimum Gasteiger partial charge on any atom is -0.480 e. The van der Waals surface area contributed by atoms with Crippen molar-refractivity contribution in [1.29, 1.82) is 0 Å². The molecule has 0 saturated carbocycles. The van der Waals surface area contributed by atoms with Gasteiger partial charge < -0.3 is 25.6 Å². The number of urea groups is 1. The number of aliphatic hydroxyl groups is 1. The zero-order valence-corrected chi connectivity index (χ0v) is 10.8. The predicted molar refractivity (Wildman–Crippen MR) is 66.9 cm³/mol. The fraction of sp³-hybridized carbons (Fsp3) is 0.818. The quantitative estimate of drug-likeness (QED) is 0.448. The highest BCUT2D eigenvalue weighted by Gasteiger charge is 2.19. The van der Waals surface area contributed by atoms with Gasteiger partial charge in [0.2, 0.25) is 0 Å². The molecule has 8 heteroatoms. The summed E-state index contributed by atoms with van der Waals surface area (Å²) in [6.07, 6.45) is -0.00772. The normalized spacial score (nSPS) is 17.7. The number of hydrogen-bond acceptors (Lipinski definition) is 5. The number of aliphatic hydroxyl groups excluding tert-OH is 1. The van der Waals surface area contributed by atoms with Crippen molar-refractivity contribution in [3.05, 3.63) is 0 Å². The zero-order valence-electron chi connectivity index (χ0n) is 10.8. The van der Waals surface area contributed by atoms with E-state index in [1.54, 1.807) is 0 Å². The summed E-state index contributed by atoms with van der Waals surface area (Å²) in [6, 6.07) is -1.59. The van der Waals surface area contributed by atoms with Crippen molar-refractivity contribution in [1.82, 2.24) is 15.5 Å². The molecule has 1 aliphatic heterocycles. The Kier molecular flexibility index (Phi) is 7.16. The summed E-state index contributed by atoms with van der Waals surface area (Å²) < 4.78 is 5.20. The van der Waals surface area contributed by atoms with Crippen molar-refractivity contribution in [3.8, 4) is 0 Å². The Balaban J connectivity index is 2.17. The van der Waals surface area contributed by atoms with Gasteiger partial charge in [-0.1, -0.05) is 0 Å². The molecule has 1 fully saturated rings. The molecule has 110 valence electrons. The van der Waals surface area contributed by atoms with E-state index in [2.05, 4.69) is 15.5 Å².